The molecule has 2 rings (SSSR count). The van der Waals surface area contributed by atoms with Crippen LogP contribution in [0.2, 0.25) is 0 Å². The van der Waals surface area contributed by atoms with Crippen LogP contribution in [-0.4, -0.2) is 33.3 Å². The molecule has 0 aliphatic rings. The van der Waals surface area contributed by atoms with Gasteiger partial charge in [0, 0.05) is 33.9 Å². The molecule has 2 aromatic rings. The minimum Gasteiger partial charge on any atom is -0.489 e. The highest BCUT2D eigenvalue weighted by Crippen LogP contribution is 2.14. The van der Waals surface area contributed by atoms with E-state index < -0.39 is 0 Å². The van der Waals surface area contributed by atoms with Crippen LogP contribution in [0.5, 0.6) is 5.75 Å². The molecule has 5 nitrogen and oxygen atoms in total. The molecule has 0 saturated carbocycles. The van der Waals surface area contributed by atoms with Gasteiger partial charge in [0.1, 0.15) is 12.4 Å². The lowest BCUT2D eigenvalue weighted by molar-refractivity contribution is 0.195. The van der Waals surface area contributed by atoms with Gasteiger partial charge in [-0.05, 0) is 29.7 Å². The molecule has 0 radical (unpaired) electrons. The molecule has 0 fully saturated rings. The van der Waals surface area contributed by atoms with E-state index in [-0.39, 0.29) is 0 Å². The van der Waals surface area contributed by atoms with Crippen LogP contribution in [0.25, 0.3) is 0 Å². The molecule has 0 aromatic heterocycles. The number of aliphatic imine (C=N–C) groups is 1. The Morgan fingerprint density at radius 3 is 2.40 bits per heavy atom. The van der Waals surface area contributed by atoms with E-state index in [1.165, 1.54) is 5.56 Å². The molecule has 25 heavy (non-hydrogen) atoms. The Balaban J connectivity index is 1.86. The highest BCUT2D eigenvalue weighted by Gasteiger charge is 2.04. The zero-order valence-electron chi connectivity index (χ0n) is 15.0. The lowest BCUT2D eigenvalue weighted by Gasteiger charge is -2.14. The Hall–Kier alpha value is -2.53. The van der Waals surface area contributed by atoms with E-state index in [1.807, 2.05) is 42.5 Å². The number of hydrogen-bond acceptors (Lipinski definition) is 3. The van der Waals surface area contributed by atoms with Gasteiger partial charge in [0.2, 0.25) is 0 Å². The molecular weight excluding hydrogens is 314 g/mol. The summed E-state index contributed by atoms with van der Waals surface area (Å²) >= 11 is 0. The van der Waals surface area contributed by atoms with Crippen molar-refractivity contribution in [2.24, 2.45) is 4.99 Å². The van der Waals surface area contributed by atoms with Gasteiger partial charge in [0.15, 0.2) is 5.96 Å². The molecule has 0 aliphatic carbocycles. The number of hydrogen-bond donors (Lipinski definition) is 2. The maximum Gasteiger partial charge on any atom is 0.191 e. The summed E-state index contributed by atoms with van der Waals surface area (Å²) in [7, 11) is 3.48. The summed E-state index contributed by atoms with van der Waals surface area (Å²) in [5.41, 5.74) is 2.35. The van der Waals surface area contributed by atoms with E-state index in [2.05, 4.69) is 27.8 Å². The van der Waals surface area contributed by atoms with Crippen LogP contribution in [0, 0.1) is 0 Å². The van der Waals surface area contributed by atoms with Crippen molar-refractivity contribution in [2.45, 2.75) is 19.6 Å². The van der Waals surface area contributed by atoms with E-state index in [1.54, 1.807) is 14.2 Å². The zero-order valence-corrected chi connectivity index (χ0v) is 15.0. The lowest BCUT2D eigenvalue weighted by Crippen LogP contribution is -2.37. The summed E-state index contributed by atoms with van der Waals surface area (Å²) in [6.07, 6.45) is 0.943. The Morgan fingerprint density at radius 1 is 0.960 bits per heavy atom. The first-order valence-corrected chi connectivity index (χ1v) is 8.51. The van der Waals surface area contributed by atoms with Crippen LogP contribution in [0.3, 0.4) is 0 Å². The molecule has 0 heterocycles. The minimum absolute atomic E-state index is 0.543. The van der Waals surface area contributed by atoms with Crippen molar-refractivity contribution in [3.63, 3.8) is 0 Å². The monoisotopic (exact) mass is 341 g/mol. The average molecular weight is 341 g/mol. The summed E-state index contributed by atoms with van der Waals surface area (Å²) in [4.78, 5) is 4.25. The molecule has 0 saturated heterocycles. The third-order valence-electron chi connectivity index (χ3n) is 3.74. The summed E-state index contributed by atoms with van der Waals surface area (Å²) in [5, 5.41) is 6.62. The number of nitrogens with zero attached hydrogens (tertiary/aromatic N) is 1. The first kappa shape index (κ1) is 18.8. The van der Waals surface area contributed by atoms with E-state index in [4.69, 9.17) is 9.47 Å². The van der Waals surface area contributed by atoms with Crippen molar-refractivity contribution in [3.05, 3.63) is 65.7 Å². The molecule has 0 unspecified atom stereocenters. The normalized spacial score (nSPS) is 11.2. The predicted molar refractivity (Wildman–Crippen MR) is 102 cm³/mol. The van der Waals surface area contributed by atoms with Crippen molar-refractivity contribution >= 4 is 5.96 Å². The number of nitrogens with one attached hydrogen (secondary N) is 2. The maximum atomic E-state index is 5.87. The van der Waals surface area contributed by atoms with Crippen LogP contribution in [0.15, 0.2) is 59.6 Å². The van der Waals surface area contributed by atoms with E-state index in [9.17, 15) is 0 Å². The van der Waals surface area contributed by atoms with Gasteiger partial charge in [-0.2, -0.15) is 0 Å². The van der Waals surface area contributed by atoms with Gasteiger partial charge in [0.05, 0.1) is 0 Å². The fourth-order valence-corrected chi connectivity index (χ4v) is 2.37. The highest BCUT2D eigenvalue weighted by atomic mass is 16.5. The van der Waals surface area contributed by atoms with Crippen molar-refractivity contribution in [1.82, 2.24) is 10.6 Å². The van der Waals surface area contributed by atoms with Gasteiger partial charge in [-0.15, -0.1) is 0 Å². The number of rotatable bonds is 9. The molecule has 2 aromatic carbocycles. The minimum atomic E-state index is 0.543. The van der Waals surface area contributed by atoms with Crippen LogP contribution in [0.4, 0.5) is 0 Å². The van der Waals surface area contributed by atoms with Crippen molar-refractivity contribution in [3.8, 4) is 5.75 Å². The summed E-state index contributed by atoms with van der Waals surface area (Å²) in [6, 6.07) is 18.1. The standard InChI is InChI=1S/C20H27N3O2/c1-21-20(22-13-8-14-24-2)23-15-17-9-6-7-10-18(17)16-25-19-11-4-3-5-12-19/h3-7,9-12H,8,13-16H2,1-2H3,(H2,21,22,23). The number of methoxy groups -OCH3 is 1. The Kier molecular flexibility index (Phi) is 8.35. The van der Waals surface area contributed by atoms with Crippen molar-refractivity contribution in [2.75, 3.05) is 27.3 Å². The van der Waals surface area contributed by atoms with Crippen molar-refractivity contribution < 1.29 is 9.47 Å². The second-order valence-corrected chi connectivity index (χ2v) is 5.57. The van der Waals surface area contributed by atoms with Crippen molar-refractivity contribution in [1.29, 1.82) is 0 Å². The van der Waals surface area contributed by atoms with Gasteiger partial charge in [-0.1, -0.05) is 42.5 Å². The number of guanidine groups is 1. The third kappa shape index (κ3) is 6.85. The topological polar surface area (TPSA) is 54.9 Å². The quantitative estimate of drug-likeness (QED) is 0.418. The predicted octanol–water partition coefficient (Wildman–Crippen LogP) is 2.97. The molecule has 0 atom stereocenters. The number of para-hydroxylation sites is 1. The molecular formula is C20H27N3O2. The first-order chi connectivity index (χ1) is 12.3. The van der Waals surface area contributed by atoms with Gasteiger partial charge in [0.25, 0.3) is 0 Å². The van der Waals surface area contributed by atoms with Crippen LogP contribution < -0.4 is 15.4 Å². The molecule has 0 aliphatic heterocycles. The lowest BCUT2D eigenvalue weighted by atomic mass is 10.1. The second kappa shape index (κ2) is 11.1. The van der Waals surface area contributed by atoms with Crippen LogP contribution >= 0.6 is 0 Å². The second-order valence-electron chi connectivity index (χ2n) is 5.57. The van der Waals surface area contributed by atoms with Gasteiger partial charge >= 0.3 is 0 Å². The third-order valence-corrected chi connectivity index (χ3v) is 3.74. The fourth-order valence-electron chi connectivity index (χ4n) is 2.37. The van der Waals surface area contributed by atoms with Gasteiger partial charge < -0.3 is 20.1 Å². The van der Waals surface area contributed by atoms with E-state index in [0.717, 1.165) is 36.8 Å². The Bertz CT molecular complexity index is 644. The number of benzene rings is 2. The summed E-state index contributed by atoms with van der Waals surface area (Å²) in [5.74, 6) is 1.66. The highest BCUT2D eigenvalue weighted by molar-refractivity contribution is 5.79. The first-order valence-electron chi connectivity index (χ1n) is 8.51. The number of ether oxygens (including phenoxy) is 2. The molecule has 0 bridgehead atoms. The van der Waals surface area contributed by atoms with Crippen LogP contribution in [0.1, 0.15) is 17.5 Å². The Labute approximate surface area is 150 Å². The summed E-state index contributed by atoms with van der Waals surface area (Å²) in [6.45, 7) is 2.80. The largest absolute Gasteiger partial charge is 0.489 e. The van der Waals surface area contributed by atoms with Gasteiger partial charge in [-0.3, -0.25) is 4.99 Å². The van der Waals surface area contributed by atoms with E-state index in [0.29, 0.717) is 13.2 Å². The summed E-state index contributed by atoms with van der Waals surface area (Å²) < 4.78 is 10.9. The molecule has 0 spiro atoms. The maximum absolute atomic E-state index is 5.87. The fraction of sp³-hybridized carbons (Fsp3) is 0.350. The van der Waals surface area contributed by atoms with Crippen LogP contribution in [-0.2, 0) is 17.9 Å². The average Bonchev–Trinajstić information content (AvgIpc) is 2.67. The van der Waals surface area contributed by atoms with E-state index >= 15 is 0 Å². The SMILES string of the molecule is CN=C(NCCCOC)NCc1ccccc1COc1ccccc1. The molecule has 0 amide bonds. The zero-order chi connectivity index (χ0) is 17.7. The smallest absolute Gasteiger partial charge is 0.191 e. The molecule has 134 valence electrons. The van der Waals surface area contributed by atoms with Gasteiger partial charge in [-0.25, -0.2) is 0 Å². The molecule has 2 N–H and O–H groups in total. The molecule has 5 heteroatoms. The Morgan fingerprint density at radius 2 is 1.68 bits per heavy atom.